The van der Waals surface area contributed by atoms with Gasteiger partial charge in [0.05, 0.1) is 38.0 Å². The smallest absolute Gasteiger partial charge is 0.238 e. The van der Waals surface area contributed by atoms with Gasteiger partial charge in [-0.05, 0) is 35.4 Å². The molecule has 0 saturated carbocycles. The van der Waals surface area contributed by atoms with Crippen molar-refractivity contribution in [2.45, 2.75) is 0 Å². The number of nitrogens with zero attached hydrogens (tertiary/aromatic N) is 6. The van der Waals surface area contributed by atoms with Crippen LogP contribution in [-0.2, 0) is 0 Å². The fourth-order valence-electron chi connectivity index (χ4n) is 8.53. The Labute approximate surface area is 343 Å². The maximum Gasteiger partial charge on any atom is 0.238 e. The summed E-state index contributed by atoms with van der Waals surface area (Å²) in [6.07, 6.45) is 0. The van der Waals surface area contributed by atoms with Crippen molar-refractivity contribution in [3.8, 4) is 56.1 Å². The Kier molecular flexibility index (Phi) is 7.61. The van der Waals surface area contributed by atoms with Crippen LogP contribution in [0.5, 0.6) is 0 Å². The van der Waals surface area contributed by atoms with Crippen molar-refractivity contribution in [2.75, 3.05) is 0 Å². The van der Waals surface area contributed by atoms with Gasteiger partial charge in [-0.3, -0.25) is 4.57 Å². The molecule has 8 aromatic carbocycles. The van der Waals surface area contributed by atoms with Crippen LogP contribution < -0.4 is 0 Å². The molecule has 4 aromatic heterocycles. The van der Waals surface area contributed by atoms with Crippen molar-refractivity contribution in [2.24, 2.45) is 0 Å². The summed E-state index contributed by atoms with van der Waals surface area (Å²) in [6, 6.07) is 67.8. The molecule has 12 aromatic rings. The van der Waals surface area contributed by atoms with Crippen LogP contribution >= 0.6 is 11.3 Å². The molecular formula is C52H32N6S. The summed E-state index contributed by atoms with van der Waals surface area (Å²) < 4.78 is 5.80. The molecule has 4 heterocycles. The molecule has 0 spiro atoms. The monoisotopic (exact) mass is 772 g/mol. The Morgan fingerprint density at radius 2 is 0.831 bits per heavy atom. The summed E-state index contributed by atoms with van der Waals surface area (Å²) in [7, 11) is 0. The highest BCUT2D eigenvalue weighted by Gasteiger charge is 2.24. The van der Waals surface area contributed by atoms with Gasteiger partial charge in [0.1, 0.15) is 5.01 Å². The Bertz CT molecular complexity index is 3480. The third-order valence-corrected chi connectivity index (χ3v) is 12.4. The van der Waals surface area contributed by atoms with Crippen LogP contribution in [0.15, 0.2) is 194 Å². The van der Waals surface area contributed by atoms with E-state index in [2.05, 4.69) is 167 Å². The van der Waals surface area contributed by atoms with Crippen LogP contribution in [0.25, 0.3) is 110 Å². The third kappa shape index (κ3) is 5.40. The number of aromatic nitrogens is 6. The molecule has 0 aliphatic heterocycles. The molecule has 0 saturated heterocycles. The largest absolute Gasteiger partial charge is 0.306 e. The number of thiazole rings is 1. The van der Waals surface area contributed by atoms with E-state index in [0.29, 0.717) is 17.6 Å². The van der Waals surface area contributed by atoms with Gasteiger partial charge >= 0.3 is 0 Å². The number of hydrogen-bond acceptors (Lipinski definition) is 5. The Morgan fingerprint density at radius 1 is 0.339 bits per heavy atom. The lowest BCUT2D eigenvalue weighted by Gasteiger charge is -2.13. The lowest BCUT2D eigenvalue weighted by molar-refractivity contribution is 0.953. The topological polar surface area (TPSA) is 61.4 Å². The molecule has 0 aliphatic carbocycles. The summed E-state index contributed by atoms with van der Waals surface area (Å²) in [5, 5.41) is 5.55. The van der Waals surface area contributed by atoms with Crippen LogP contribution in [0.4, 0.5) is 0 Å². The molecule has 0 fully saturated rings. The van der Waals surface area contributed by atoms with Crippen LogP contribution in [0.1, 0.15) is 0 Å². The molecule has 0 amide bonds. The molecule has 12 rings (SSSR count). The second kappa shape index (κ2) is 13.4. The van der Waals surface area contributed by atoms with Gasteiger partial charge in [-0.1, -0.05) is 170 Å². The predicted octanol–water partition coefficient (Wildman–Crippen LogP) is 13.3. The van der Waals surface area contributed by atoms with Crippen molar-refractivity contribution in [3.63, 3.8) is 0 Å². The molecule has 59 heavy (non-hydrogen) atoms. The molecule has 0 N–H and O–H groups in total. The van der Waals surface area contributed by atoms with Crippen LogP contribution in [0.2, 0.25) is 0 Å². The second-order valence-electron chi connectivity index (χ2n) is 14.7. The van der Waals surface area contributed by atoms with E-state index in [4.69, 9.17) is 19.9 Å². The first kappa shape index (κ1) is 33.4. The molecular weight excluding hydrogens is 741 g/mol. The zero-order chi connectivity index (χ0) is 38.9. The number of fused-ring (bicyclic) bond motifs is 8. The minimum absolute atomic E-state index is 0.561. The highest BCUT2D eigenvalue weighted by atomic mass is 32.1. The lowest BCUT2D eigenvalue weighted by atomic mass is 10.0. The van der Waals surface area contributed by atoms with Crippen molar-refractivity contribution < 1.29 is 0 Å². The quantitative estimate of drug-likeness (QED) is 0.169. The zero-order valence-corrected chi connectivity index (χ0v) is 32.4. The maximum absolute atomic E-state index is 5.27. The van der Waals surface area contributed by atoms with Gasteiger partial charge < -0.3 is 4.57 Å². The van der Waals surface area contributed by atoms with Gasteiger partial charge in [-0.15, -0.1) is 11.3 Å². The van der Waals surface area contributed by atoms with Gasteiger partial charge in [0.15, 0.2) is 11.6 Å². The summed E-state index contributed by atoms with van der Waals surface area (Å²) in [6.45, 7) is 0. The normalized spacial score (nSPS) is 11.7. The number of hydrogen-bond donors (Lipinski definition) is 0. The minimum atomic E-state index is 0.561. The SMILES string of the molecule is c1ccc(-c2ccc(-c3nc4cccc(-n5c6ccccc6c6ccc7c8ccccc8n(-c8nc(-c9ccccc9)nc(-c9ccccc9)n8)c7c65)c4s3)cc2)cc1. The Hall–Kier alpha value is -7.74. The molecule has 7 heteroatoms. The second-order valence-corrected chi connectivity index (χ2v) is 15.7. The minimum Gasteiger partial charge on any atom is -0.306 e. The van der Waals surface area contributed by atoms with E-state index in [1.807, 2.05) is 36.4 Å². The highest BCUT2D eigenvalue weighted by Crippen LogP contribution is 2.44. The first-order valence-electron chi connectivity index (χ1n) is 19.7. The van der Waals surface area contributed by atoms with Gasteiger partial charge in [-0.25, -0.2) is 9.97 Å². The highest BCUT2D eigenvalue weighted by molar-refractivity contribution is 7.22. The van der Waals surface area contributed by atoms with Crippen molar-refractivity contribution >= 4 is 65.2 Å². The summed E-state index contributed by atoms with van der Waals surface area (Å²) in [4.78, 5) is 20.8. The zero-order valence-electron chi connectivity index (χ0n) is 31.6. The fourth-order valence-corrected chi connectivity index (χ4v) is 9.60. The standard InChI is InChI=1S/C52H32N6S/c1-4-15-33(16-5-1)34-27-29-37(30-28-34)51-53-42-23-14-26-45(48(42)59-51)57-43-24-12-10-21-38(43)40-31-32-41-39-22-11-13-25-44(39)58(47(41)46(40)57)52-55-49(35-17-6-2-7-18-35)54-50(56-52)36-19-8-3-9-20-36/h1-32H. The van der Waals surface area contributed by atoms with Gasteiger partial charge in [0.2, 0.25) is 5.95 Å². The molecule has 0 aliphatic rings. The molecule has 0 unspecified atom stereocenters. The Balaban J connectivity index is 1.15. The summed E-state index contributed by atoms with van der Waals surface area (Å²) in [5.41, 5.74) is 11.6. The van der Waals surface area contributed by atoms with Crippen LogP contribution in [0.3, 0.4) is 0 Å². The average molecular weight is 773 g/mol. The first-order valence-corrected chi connectivity index (χ1v) is 20.5. The van der Waals surface area contributed by atoms with Crippen molar-refractivity contribution in [3.05, 3.63) is 194 Å². The molecule has 0 radical (unpaired) electrons. The van der Waals surface area contributed by atoms with Crippen molar-refractivity contribution in [1.29, 1.82) is 0 Å². The van der Waals surface area contributed by atoms with Gasteiger partial charge in [-0.2, -0.15) is 9.97 Å². The van der Waals surface area contributed by atoms with Gasteiger partial charge in [0.25, 0.3) is 0 Å². The first-order chi connectivity index (χ1) is 29.3. The van der Waals surface area contributed by atoms with Gasteiger partial charge in [0, 0.05) is 38.2 Å². The molecule has 0 bridgehead atoms. The van der Waals surface area contributed by atoms with E-state index in [9.17, 15) is 0 Å². The lowest BCUT2D eigenvalue weighted by Crippen LogP contribution is -2.07. The number of para-hydroxylation sites is 2. The third-order valence-electron chi connectivity index (χ3n) is 11.2. The number of benzene rings is 8. The van der Waals surface area contributed by atoms with E-state index >= 15 is 0 Å². The number of rotatable bonds is 6. The van der Waals surface area contributed by atoms with E-state index < -0.39 is 0 Å². The van der Waals surface area contributed by atoms with Crippen molar-refractivity contribution in [1.82, 2.24) is 29.1 Å². The van der Waals surface area contributed by atoms with E-state index in [1.165, 1.54) is 16.5 Å². The van der Waals surface area contributed by atoms with Crippen LogP contribution in [-0.4, -0.2) is 29.1 Å². The predicted molar refractivity (Wildman–Crippen MR) is 243 cm³/mol. The molecule has 0 atom stereocenters. The fraction of sp³-hybridized carbons (Fsp3) is 0. The van der Waals surface area contributed by atoms with E-state index in [0.717, 1.165) is 75.8 Å². The van der Waals surface area contributed by atoms with Crippen LogP contribution in [0, 0.1) is 0 Å². The maximum atomic E-state index is 5.27. The molecule has 276 valence electrons. The summed E-state index contributed by atoms with van der Waals surface area (Å²) >= 11 is 1.73. The van der Waals surface area contributed by atoms with E-state index in [1.54, 1.807) is 11.3 Å². The molecule has 6 nitrogen and oxygen atoms in total. The Morgan fingerprint density at radius 3 is 1.44 bits per heavy atom. The van der Waals surface area contributed by atoms with E-state index in [-0.39, 0.29) is 0 Å². The summed E-state index contributed by atoms with van der Waals surface area (Å²) in [5.74, 6) is 1.80. The average Bonchev–Trinajstić information content (AvgIpc) is 4.01.